The van der Waals surface area contributed by atoms with Gasteiger partial charge in [0.05, 0.1) is 28.0 Å². The third-order valence-electron chi connectivity index (χ3n) is 9.06. The molecule has 0 amide bonds. The van der Waals surface area contributed by atoms with Gasteiger partial charge in [0.1, 0.15) is 11.2 Å². The number of rotatable bonds is 2. The number of fused-ring (bicyclic) bond motifs is 9. The monoisotopic (exact) mass is 553 g/mol. The Kier molecular flexibility index (Phi) is 4.92. The predicted octanol–water partition coefficient (Wildman–Crippen LogP) is 10.5. The van der Waals surface area contributed by atoms with Gasteiger partial charge in [-0.15, -0.1) is 0 Å². The third-order valence-corrected chi connectivity index (χ3v) is 9.06. The van der Waals surface area contributed by atoms with E-state index in [1.54, 1.807) is 0 Å². The molecule has 0 spiro atoms. The molecular formula is C39H27N3O. The van der Waals surface area contributed by atoms with Crippen molar-refractivity contribution < 1.29 is 4.42 Å². The molecule has 4 nitrogen and oxygen atoms in total. The Bertz CT molecular complexity index is 2340. The first-order chi connectivity index (χ1) is 21.1. The van der Waals surface area contributed by atoms with Gasteiger partial charge in [0, 0.05) is 27.1 Å². The highest BCUT2D eigenvalue weighted by molar-refractivity contribution is 6.23. The van der Waals surface area contributed by atoms with Crippen LogP contribution in [0, 0.1) is 0 Å². The lowest BCUT2D eigenvalue weighted by molar-refractivity contribution is 0.631. The summed E-state index contributed by atoms with van der Waals surface area (Å²) in [4.78, 5) is 13.0. The van der Waals surface area contributed by atoms with Crippen LogP contribution in [0.1, 0.15) is 25.0 Å². The summed E-state index contributed by atoms with van der Waals surface area (Å²) in [5, 5.41) is 5.32. The zero-order valence-electron chi connectivity index (χ0n) is 23.9. The third kappa shape index (κ3) is 3.38. The fourth-order valence-corrected chi connectivity index (χ4v) is 6.97. The fraction of sp³-hybridized carbons (Fsp3) is 0.0769. The largest absolute Gasteiger partial charge is 0.455 e. The van der Waals surface area contributed by atoms with E-state index in [1.165, 1.54) is 11.1 Å². The lowest BCUT2D eigenvalue weighted by atomic mass is 9.74. The van der Waals surface area contributed by atoms with E-state index in [2.05, 4.69) is 140 Å². The minimum atomic E-state index is -0.169. The highest BCUT2D eigenvalue weighted by Gasteiger charge is 2.37. The number of hydrogen-bond donors (Lipinski definition) is 0. The zero-order chi connectivity index (χ0) is 28.7. The second kappa shape index (κ2) is 8.76. The molecule has 0 radical (unpaired) electrons. The van der Waals surface area contributed by atoms with E-state index < -0.39 is 0 Å². The van der Waals surface area contributed by atoms with Gasteiger partial charge >= 0.3 is 0 Å². The number of furan rings is 1. The summed E-state index contributed by atoms with van der Waals surface area (Å²) in [6, 6.07) is 44.6. The molecule has 1 aliphatic rings. The van der Waals surface area contributed by atoms with Crippen LogP contribution in [0.5, 0.6) is 0 Å². The topological polar surface area (TPSA) is 42.2 Å². The number of anilines is 3. The summed E-state index contributed by atoms with van der Waals surface area (Å²) in [5.41, 5.74) is 9.06. The van der Waals surface area contributed by atoms with Crippen LogP contribution < -0.4 is 4.90 Å². The fourth-order valence-electron chi connectivity index (χ4n) is 6.97. The number of hydrogen-bond acceptors (Lipinski definition) is 4. The maximum atomic E-state index is 6.57. The lowest BCUT2D eigenvalue weighted by Gasteiger charge is -2.41. The van der Waals surface area contributed by atoms with E-state index in [4.69, 9.17) is 14.4 Å². The average Bonchev–Trinajstić information content (AvgIpc) is 3.45. The maximum Gasteiger partial charge on any atom is 0.235 e. The van der Waals surface area contributed by atoms with Crippen molar-refractivity contribution in [1.82, 2.24) is 9.97 Å². The Balaban J connectivity index is 1.43. The number of nitrogens with zero attached hydrogens (tertiary/aromatic N) is 3. The van der Waals surface area contributed by atoms with Gasteiger partial charge in [-0.05, 0) is 46.8 Å². The standard InChI is InChI=1S/C39H27N3O/c1-39(2)29-16-8-10-18-31(29)42(32-19-11-9-17-30(32)39)38-40-35(25-13-4-3-5-14-25)28-22-23-33-34(36(28)41-38)27-21-20-24-12-6-7-15-26(24)37(27)43-33/h3-23H,1-2H3. The van der Waals surface area contributed by atoms with Crippen LogP contribution in [0.4, 0.5) is 17.3 Å². The molecule has 2 aromatic heterocycles. The van der Waals surface area contributed by atoms with Crippen LogP contribution in [0.25, 0.3) is 54.9 Å². The Hall–Kier alpha value is -5.48. The van der Waals surface area contributed by atoms with Crippen molar-refractivity contribution in [2.75, 3.05) is 4.90 Å². The van der Waals surface area contributed by atoms with Gasteiger partial charge < -0.3 is 4.42 Å². The molecule has 1 aliphatic heterocycles. The molecule has 4 heteroatoms. The second-order valence-electron chi connectivity index (χ2n) is 11.8. The smallest absolute Gasteiger partial charge is 0.235 e. The second-order valence-corrected chi connectivity index (χ2v) is 11.8. The van der Waals surface area contributed by atoms with Crippen molar-refractivity contribution >= 4 is 60.9 Å². The van der Waals surface area contributed by atoms with Crippen molar-refractivity contribution in [2.24, 2.45) is 0 Å². The van der Waals surface area contributed by atoms with Crippen LogP contribution in [0.15, 0.2) is 132 Å². The highest BCUT2D eigenvalue weighted by atomic mass is 16.3. The Morgan fingerprint density at radius 2 is 1.23 bits per heavy atom. The molecule has 9 rings (SSSR count). The van der Waals surface area contributed by atoms with Gasteiger partial charge in [0.25, 0.3) is 0 Å². The minimum Gasteiger partial charge on any atom is -0.455 e. The van der Waals surface area contributed by atoms with E-state index in [9.17, 15) is 0 Å². The molecule has 43 heavy (non-hydrogen) atoms. The first-order valence-electron chi connectivity index (χ1n) is 14.7. The van der Waals surface area contributed by atoms with Gasteiger partial charge in [-0.3, -0.25) is 4.90 Å². The van der Waals surface area contributed by atoms with Gasteiger partial charge in [0.15, 0.2) is 0 Å². The van der Waals surface area contributed by atoms with Gasteiger partial charge in [-0.25, -0.2) is 9.97 Å². The van der Waals surface area contributed by atoms with E-state index in [0.717, 1.165) is 66.2 Å². The molecule has 6 aromatic carbocycles. The molecule has 0 atom stereocenters. The summed E-state index contributed by atoms with van der Waals surface area (Å²) in [7, 11) is 0. The normalized spacial score (nSPS) is 14.0. The molecule has 0 N–H and O–H groups in total. The van der Waals surface area contributed by atoms with Crippen LogP contribution in [-0.2, 0) is 5.41 Å². The van der Waals surface area contributed by atoms with Crippen LogP contribution >= 0.6 is 0 Å². The number of para-hydroxylation sites is 2. The molecule has 0 fully saturated rings. The van der Waals surface area contributed by atoms with Crippen molar-refractivity contribution in [3.8, 4) is 11.3 Å². The summed E-state index contributed by atoms with van der Waals surface area (Å²) in [6.07, 6.45) is 0. The first kappa shape index (κ1) is 24.2. The molecule has 0 bridgehead atoms. The molecule has 3 heterocycles. The SMILES string of the molecule is CC1(C)c2ccccc2N(c2nc(-c3ccccc3)c3ccc4oc5c6ccccc6ccc5c4c3n2)c2ccccc21. The van der Waals surface area contributed by atoms with Crippen LogP contribution in [-0.4, -0.2) is 9.97 Å². The van der Waals surface area contributed by atoms with Gasteiger partial charge in [-0.2, -0.15) is 0 Å². The Labute approximate surface area is 248 Å². The molecule has 0 saturated heterocycles. The van der Waals surface area contributed by atoms with Gasteiger partial charge in [0.2, 0.25) is 5.95 Å². The van der Waals surface area contributed by atoms with E-state index in [0.29, 0.717) is 5.95 Å². The maximum absolute atomic E-state index is 6.57. The van der Waals surface area contributed by atoms with Crippen molar-refractivity contribution in [3.05, 3.63) is 139 Å². The van der Waals surface area contributed by atoms with E-state index in [1.807, 2.05) is 6.07 Å². The van der Waals surface area contributed by atoms with Crippen LogP contribution in [0.2, 0.25) is 0 Å². The Morgan fingerprint density at radius 3 is 2.00 bits per heavy atom. The van der Waals surface area contributed by atoms with E-state index >= 15 is 0 Å². The predicted molar refractivity (Wildman–Crippen MR) is 177 cm³/mol. The van der Waals surface area contributed by atoms with Crippen LogP contribution in [0.3, 0.4) is 0 Å². The van der Waals surface area contributed by atoms with Crippen molar-refractivity contribution in [2.45, 2.75) is 19.3 Å². The number of aromatic nitrogens is 2. The zero-order valence-corrected chi connectivity index (χ0v) is 23.9. The van der Waals surface area contributed by atoms with Gasteiger partial charge in [-0.1, -0.05) is 111 Å². The van der Waals surface area contributed by atoms with E-state index in [-0.39, 0.29) is 5.41 Å². The molecular weight excluding hydrogens is 526 g/mol. The summed E-state index contributed by atoms with van der Waals surface area (Å²) in [5.74, 6) is 0.643. The summed E-state index contributed by atoms with van der Waals surface area (Å²) >= 11 is 0. The number of benzene rings is 6. The Morgan fingerprint density at radius 1 is 0.581 bits per heavy atom. The van der Waals surface area contributed by atoms with Crippen molar-refractivity contribution in [1.29, 1.82) is 0 Å². The molecule has 0 unspecified atom stereocenters. The minimum absolute atomic E-state index is 0.169. The van der Waals surface area contributed by atoms with Crippen molar-refractivity contribution in [3.63, 3.8) is 0 Å². The lowest BCUT2D eigenvalue weighted by Crippen LogP contribution is -2.31. The highest BCUT2D eigenvalue weighted by Crippen LogP contribution is 2.51. The summed E-state index contributed by atoms with van der Waals surface area (Å²) < 4.78 is 6.57. The first-order valence-corrected chi connectivity index (χ1v) is 14.7. The summed E-state index contributed by atoms with van der Waals surface area (Å²) in [6.45, 7) is 4.59. The molecule has 0 aliphatic carbocycles. The molecule has 0 saturated carbocycles. The molecule has 204 valence electrons. The molecule has 8 aromatic rings. The average molecular weight is 554 g/mol. The quantitative estimate of drug-likeness (QED) is 0.214.